The Morgan fingerprint density at radius 2 is 1.91 bits per heavy atom. The average molecular weight is 529 g/mol. The van der Waals surface area contributed by atoms with Gasteiger partial charge in [0.1, 0.15) is 18.3 Å². The summed E-state index contributed by atoms with van der Waals surface area (Å²) in [6, 6.07) is 7.86. The molecule has 32 heavy (non-hydrogen) atoms. The smallest absolute Gasteiger partial charge is 0.338 e. The first-order chi connectivity index (χ1) is 15.2. The molecule has 2 saturated heterocycles. The number of hydrogen-bond acceptors (Lipinski definition) is 8. The fraction of sp³-hybridized carbons (Fsp3) is 0.600. The number of carbonyl (C=O) groups is 1. The molecule has 12 heteroatoms. The lowest BCUT2D eigenvalue weighted by Gasteiger charge is -2.48. The van der Waals surface area contributed by atoms with Gasteiger partial charge in [-0.05, 0) is 18.6 Å². The zero-order valence-corrected chi connectivity index (χ0v) is 20.7. The van der Waals surface area contributed by atoms with E-state index in [1.165, 1.54) is 0 Å². The standard InChI is InChI=1S/C20H25Cl3NO7P/c1-2-3-9-26-14-13-12(10-27-19(32)30-13)28-17(31-18(24)20(21,22)23)15(14)29-16(25)11-7-5-4-6-8-11/h4-8,12-15,17,19,24H,2-3,9-10,32H2,1H3/t12?,13-,14-,15?,17+,19?/m0/s1. The molecule has 4 unspecified atom stereocenters. The van der Waals surface area contributed by atoms with E-state index in [1.807, 2.05) is 6.92 Å². The molecule has 1 aromatic carbocycles. The average Bonchev–Trinajstić information content (AvgIpc) is 2.75. The van der Waals surface area contributed by atoms with Gasteiger partial charge in [-0.15, -0.1) is 0 Å². The summed E-state index contributed by atoms with van der Waals surface area (Å²) in [6.07, 6.45) is -2.70. The molecule has 0 bridgehead atoms. The van der Waals surface area contributed by atoms with Crippen LogP contribution in [0.2, 0.25) is 0 Å². The topological polar surface area (TPSA) is 96.3 Å². The first-order valence-electron chi connectivity index (χ1n) is 10.1. The van der Waals surface area contributed by atoms with Crippen molar-refractivity contribution < 1.29 is 33.2 Å². The molecule has 0 aromatic heterocycles. The number of fused-ring (bicyclic) bond motifs is 1. The van der Waals surface area contributed by atoms with Gasteiger partial charge in [-0.2, -0.15) is 0 Å². The lowest BCUT2D eigenvalue weighted by molar-refractivity contribution is -0.338. The van der Waals surface area contributed by atoms with Crippen LogP contribution in [0.1, 0.15) is 30.1 Å². The highest BCUT2D eigenvalue weighted by Crippen LogP contribution is 2.36. The Hall–Kier alpha value is -0.700. The van der Waals surface area contributed by atoms with Gasteiger partial charge < -0.3 is 28.4 Å². The van der Waals surface area contributed by atoms with Crippen LogP contribution in [0.5, 0.6) is 0 Å². The van der Waals surface area contributed by atoms with E-state index in [-0.39, 0.29) is 6.61 Å². The second-order valence-corrected chi connectivity index (χ2v) is 10.0. The summed E-state index contributed by atoms with van der Waals surface area (Å²) in [5.41, 5.74) is 0.328. The monoisotopic (exact) mass is 527 g/mol. The third-order valence-electron chi connectivity index (χ3n) is 4.86. The SMILES string of the molecule is CCCCO[C@@H]1C(OC(=O)c2ccccc2)[C@@H](OC(=N)C(Cl)(Cl)Cl)OC2COC(P)O[C@@H]21. The fourth-order valence-electron chi connectivity index (χ4n) is 3.28. The predicted molar refractivity (Wildman–Crippen MR) is 122 cm³/mol. The molecule has 1 N–H and O–H groups in total. The minimum Gasteiger partial charge on any atom is -0.449 e. The fourth-order valence-corrected chi connectivity index (χ4v) is 3.71. The zero-order chi connectivity index (χ0) is 23.3. The van der Waals surface area contributed by atoms with E-state index < -0.39 is 52.4 Å². The third-order valence-corrected chi connectivity index (χ3v) is 5.72. The summed E-state index contributed by atoms with van der Waals surface area (Å²) >= 11 is 17.3. The van der Waals surface area contributed by atoms with Crippen molar-refractivity contribution in [1.29, 1.82) is 5.41 Å². The number of ether oxygens (including phenoxy) is 6. The van der Waals surface area contributed by atoms with Gasteiger partial charge in [0.15, 0.2) is 12.1 Å². The molecule has 2 aliphatic heterocycles. The Labute approximate surface area is 203 Å². The molecule has 0 amide bonds. The van der Waals surface area contributed by atoms with E-state index in [4.69, 9.17) is 68.6 Å². The minimum atomic E-state index is -2.13. The van der Waals surface area contributed by atoms with Gasteiger partial charge in [-0.1, -0.05) is 75.6 Å². The largest absolute Gasteiger partial charge is 0.449 e. The van der Waals surface area contributed by atoms with Crippen molar-refractivity contribution in [2.75, 3.05) is 13.2 Å². The highest BCUT2D eigenvalue weighted by molar-refractivity contribution is 7.16. The number of carbonyl (C=O) groups excluding carboxylic acids is 1. The zero-order valence-electron chi connectivity index (χ0n) is 17.2. The van der Waals surface area contributed by atoms with E-state index in [2.05, 4.69) is 9.24 Å². The van der Waals surface area contributed by atoms with Crippen molar-refractivity contribution in [2.24, 2.45) is 0 Å². The number of esters is 1. The van der Waals surface area contributed by atoms with Crippen molar-refractivity contribution in [3.05, 3.63) is 35.9 Å². The summed E-state index contributed by atoms with van der Waals surface area (Å²) in [4.78, 5) is 12.9. The highest BCUT2D eigenvalue weighted by Gasteiger charge is 2.53. The quantitative estimate of drug-likeness (QED) is 0.142. The Morgan fingerprint density at radius 1 is 1.19 bits per heavy atom. The Kier molecular flexibility index (Phi) is 9.42. The third kappa shape index (κ3) is 6.67. The number of unbranched alkanes of at least 4 members (excludes halogenated alkanes) is 1. The van der Waals surface area contributed by atoms with Gasteiger partial charge in [-0.3, -0.25) is 5.41 Å². The second kappa shape index (κ2) is 11.6. The van der Waals surface area contributed by atoms with Gasteiger partial charge in [0.05, 0.1) is 12.2 Å². The molecule has 1 aromatic rings. The van der Waals surface area contributed by atoms with E-state index in [0.29, 0.717) is 12.2 Å². The maximum atomic E-state index is 12.9. The first-order valence-corrected chi connectivity index (χ1v) is 11.9. The highest BCUT2D eigenvalue weighted by atomic mass is 35.6. The Bertz CT molecular complexity index is 782. The van der Waals surface area contributed by atoms with Crippen molar-refractivity contribution in [3.8, 4) is 0 Å². The van der Waals surface area contributed by atoms with E-state index in [0.717, 1.165) is 12.8 Å². The van der Waals surface area contributed by atoms with E-state index in [1.54, 1.807) is 30.3 Å². The van der Waals surface area contributed by atoms with Crippen molar-refractivity contribution in [1.82, 2.24) is 0 Å². The number of nitrogens with one attached hydrogen (secondary N) is 1. The number of rotatable bonds is 7. The van der Waals surface area contributed by atoms with E-state index >= 15 is 0 Å². The van der Waals surface area contributed by atoms with Crippen LogP contribution in [0.3, 0.4) is 0 Å². The molecular weight excluding hydrogens is 504 g/mol. The summed E-state index contributed by atoms with van der Waals surface area (Å²) in [5, 5.41) is 7.97. The summed E-state index contributed by atoms with van der Waals surface area (Å²) in [6.45, 7) is 2.60. The van der Waals surface area contributed by atoms with Crippen LogP contribution in [0.25, 0.3) is 0 Å². The van der Waals surface area contributed by atoms with Crippen LogP contribution < -0.4 is 0 Å². The van der Waals surface area contributed by atoms with Crippen LogP contribution in [0.4, 0.5) is 0 Å². The second-order valence-electron chi connectivity index (χ2n) is 7.21. The normalized spacial score (nSPS) is 30.3. The molecule has 7 atom stereocenters. The van der Waals surface area contributed by atoms with E-state index in [9.17, 15) is 4.79 Å². The number of hydrogen-bond donors (Lipinski definition) is 1. The summed E-state index contributed by atoms with van der Waals surface area (Å²) < 4.78 is 32.5. The van der Waals surface area contributed by atoms with Crippen LogP contribution in [-0.2, 0) is 28.4 Å². The van der Waals surface area contributed by atoms with Crippen molar-refractivity contribution in [2.45, 2.75) is 60.3 Å². The molecule has 2 fully saturated rings. The maximum Gasteiger partial charge on any atom is 0.338 e. The number of halogens is 3. The molecule has 0 aliphatic carbocycles. The predicted octanol–water partition coefficient (Wildman–Crippen LogP) is 4.06. The molecule has 0 saturated carbocycles. The number of benzene rings is 1. The molecule has 0 radical (unpaired) electrons. The van der Waals surface area contributed by atoms with Crippen molar-refractivity contribution in [3.63, 3.8) is 0 Å². The molecule has 2 aliphatic rings. The lowest BCUT2D eigenvalue weighted by atomic mass is 9.97. The van der Waals surface area contributed by atoms with Gasteiger partial charge in [0.2, 0.25) is 12.2 Å². The Balaban J connectivity index is 1.89. The summed E-state index contributed by atoms with van der Waals surface area (Å²) in [7, 11) is 2.43. The van der Waals surface area contributed by atoms with Gasteiger partial charge in [0, 0.05) is 6.61 Å². The molecular formula is C20H25Cl3NO7P. The summed E-state index contributed by atoms with van der Waals surface area (Å²) in [5.74, 6) is -1.30. The maximum absolute atomic E-state index is 12.9. The molecule has 178 valence electrons. The van der Waals surface area contributed by atoms with Gasteiger partial charge in [0.25, 0.3) is 3.79 Å². The Morgan fingerprint density at radius 3 is 2.56 bits per heavy atom. The first kappa shape index (κ1) is 25.9. The van der Waals surface area contributed by atoms with Gasteiger partial charge >= 0.3 is 5.97 Å². The van der Waals surface area contributed by atoms with Crippen LogP contribution in [-0.4, -0.2) is 65.6 Å². The van der Waals surface area contributed by atoms with Crippen LogP contribution >= 0.6 is 44.0 Å². The van der Waals surface area contributed by atoms with Crippen LogP contribution in [0.15, 0.2) is 30.3 Å². The molecule has 8 nitrogen and oxygen atoms in total. The number of alkyl halides is 3. The molecule has 3 rings (SSSR count). The molecule has 2 heterocycles. The minimum absolute atomic E-state index is 0.173. The molecule has 0 spiro atoms. The van der Waals surface area contributed by atoms with Crippen LogP contribution in [0, 0.1) is 5.41 Å². The lowest BCUT2D eigenvalue weighted by Crippen LogP contribution is -2.65. The van der Waals surface area contributed by atoms with Gasteiger partial charge in [-0.25, -0.2) is 4.79 Å². The van der Waals surface area contributed by atoms with Crippen molar-refractivity contribution >= 4 is 55.9 Å².